The predicted octanol–water partition coefficient (Wildman–Crippen LogP) is 1.69. The van der Waals surface area contributed by atoms with Crippen molar-refractivity contribution in [2.45, 2.75) is 43.9 Å². The molecule has 1 saturated heterocycles. The van der Waals surface area contributed by atoms with E-state index >= 15 is 0 Å². The molecule has 120 valence electrons. The number of primary amides is 1. The molecule has 1 saturated carbocycles. The van der Waals surface area contributed by atoms with Gasteiger partial charge in [-0.15, -0.1) is 0 Å². The van der Waals surface area contributed by atoms with Crippen molar-refractivity contribution in [1.82, 2.24) is 4.90 Å². The van der Waals surface area contributed by atoms with Gasteiger partial charge in [-0.25, -0.2) is 0 Å². The molecule has 2 aliphatic rings. The molecule has 1 heterocycles. The Kier molecular flexibility index (Phi) is 4.36. The Morgan fingerprint density at radius 2 is 2.18 bits per heavy atom. The maximum atomic E-state index is 12.1. The van der Waals surface area contributed by atoms with E-state index in [0.717, 1.165) is 43.5 Å². The molecule has 5 heteroatoms. The minimum Gasteiger partial charge on any atom is -0.490 e. The second-order valence-electron chi connectivity index (χ2n) is 6.28. The van der Waals surface area contributed by atoms with Gasteiger partial charge in [-0.2, -0.15) is 0 Å². The zero-order valence-electron chi connectivity index (χ0n) is 13.1. The van der Waals surface area contributed by atoms with E-state index in [1.54, 1.807) is 7.11 Å². The number of hydrogen-bond acceptors (Lipinski definition) is 4. The summed E-state index contributed by atoms with van der Waals surface area (Å²) >= 11 is 0. The van der Waals surface area contributed by atoms with Gasteiger partial charge < -0.3 is 15.2 Å². The standard InChI is InChI=1S/C17H24N2O3/c1-21-12-17(16(18)20)9-4-10-19(17)11-13-5-2-3-6-15(13)22-14-7-8-14/h2-3,5-6,14H,4,7-12H2,1H3,(H2,18,20). The molecule has 0 aromatic heterocycles. The largest absolute Gasteiger partial charge is 0.490 e. The molecule has 0 radical (unpaired) electrons. The number of carbonyl (C=O) groups excluding carboxylic acids is 1. The summed E-state index contributed by atoms with van der Waals surface area (Å²) < 4.78 is 11.3. The van der Waals surface area contributed by atoms with Crippen LogP contribution < -0.4 is 10.5 Å². The Morgan fingerprint density at radius 3 is 2.86 bits per heavy atom. The highest BCUT2D eigenvalue weighted by Crippen LogP contribution is 2.34. The fraction of sp³-hybridized carbons (Fsp3) is 0.588. The molecule has 1 aromatic carbocycles. The molecule has 5 nitrogen and oxygen atoms in total. The number of amides is 1. The summed E-state index contributed by atoms with van der Waals surface area (Å²) in [7, 11) is 1.62. The zero-order chi connectivity index (χ0) is 15.6. The molecular formula is C17H24N2O3. The van der Waals surface area contributed by atoms with E-state index in [1.165, 1.54) is 0 Å². The van der Waals surface area contributed by atoms with Gasteiger partial charge in [0.15, 0.2) is 0 Å². The first kappa shape index (κ1) is 15.3. The van der Waals surface area contributed by atoms with Crippen LogP contribution in [0.2, 0.25) is 0 Å². The summed E-state index contributed by atoms with van der Waals surface area (Å²) in [6, 6.07) is 8.07. The Bertz CT molecular complexity index is 544. The van der Waals surface area contributed by atoms with Crippen molar-refractivity contribution in [3.63, 3.8) is 0 Å². The Labute approximate surface area is 131 Å². The number of benzene rings is 1. The van der Waals surface area contributed by atoms with Gasteiger partial charge in [0.05, 0.1) is 12.7 Å². The lowest BCUT2D eigenvalue weighted by Crippen LogP contribution is -2.56. The molecule has 2 N–H and O–H groups in total. The first-order valence-corrected chi connectivity index (χ1v) is 7.94. The number of para-hydroxylation sites is 1. The third-order valence-corrected chi connectivity index (χ3v) is 4.62. The summed E-state index contributed by atoms with van der Waals surface area (Å²) in [5.74, 6) is 0.625. The van der Waals surface area contributed by atoms with Gasteiger partial charge in [0.1, 0.15) is 11.3 Å². The molecule has 3 rings (SSSR count). The van der Waals surface area contributed by atoms with Crippen LogP contribution in [-0.2, 0) is 16.1 Å². The van der Waals surface area contributed by atoms with Crippen LogP contribution >= 0.6 is 0 Å². The van der Waals surface area contributed by atoms with Crippen molar-refractivity contribution in [2.75, 3.05) is 20.3 Å². The van der Waals surface area contributed by atoms with Gasteiger partial charge >= 0.3 is 0 Å². The highest BCUT2D eigenvalue weighted by atomic mass is 16.5. The topological polar surface area (TPSA) is 64.8 Å². The maximum Gasteiger partial charge on any atom is 0.240 e. The SMILES string of the molecule is COCC1(C(N)=O)CCCN1Cc1ccccc1OC1CC1. The summed E-state index contributed by atoms with van der Waals surface area (Å²) in [5, 5.41) is 0. The van der Waals surface area contributed by atoms with Crippen LogP contribution in [-0.4, -0.2) is 42.7 Å². The van der Waals surface area contributed by atoms with Crippen molar-refractivity contribution < 1.29 is 14.3 Å². The van der Waals surface area contributed by atoms with E-state index in [-0.39, 0.29) is 5.91 Å². The fourth-order valence-electron chi connectivity index (χ4n) is 3.24. The van der Waals surface area contributed by atoms with Crippen LogP contribution in [0.1, 0.15) is 31.2 Å². The number of ether oxygens (including phenoxy) is 2. The molecule has 1 atom stereocenters. The third kappa shape index (κ3) is 2.96. The van der Waals surface area contributed by atoms with Crippen LogP contribution in [0.15, 0.2) is 24.3 Å². The lowest BCUT2D eigenvalue weighted by atomic mass is 9.95. The molecule has 0 bridgehead atoms. The number of nitrogens with two attached hydrogens (primary N) is 1. The van der Waals surface area contributed by atoms with E-state index in [0.29, 0.717) is 19.3 Å². The average Bonchev–Trinajstić information content (AvgIpc) is 3.22. The van der Waals surface area contributed by atoms with E-state index in [4.69, 9.17) is 15.2 Å². The quantitative estimate of drug-likeness (QED) is 0.832. The van der Waals surface area contributed by atoms with Crippen molar-refractivity contribution in [3.8, 4) is 5.75 Å². The van der Waals surface area contributed by atoms with E-state index < -0.39 is 5.54 Å². The molecule has 22 heavy (non-hydrogen) atoms. The van der Waals surface area contributed by atoms with Crippen LogP contribution in [0.4, 0.5) is 0 Å². The van der Waals surface area contributed by atoms with E-state index in [9.17, 15) is 4.79 Å². The van der Waals surface area contributed by atoms with Gasteiger partial charge in [-0.1, -0.05) is 18.2 Å². The van der Waals surface area contributed by atoms with E-state index in [1.807, 2.05) is 18.2 Å². The minimum atomic E-state index is -0.693. The number of methoxy groups -OCH3 is 1. The zero-order valence-corrected chi connectivity index (χ0v) is 13.1. The van der Waals surface area contributed by atoms with Crippen molar-refractivity contribution >= 4 is 5.91 Å². The van der Waals surface area contributed by atoms with Crippen LogP contribution in [0.25, 0.3) is 0 Å². The Balaban J connectivity index is 1.80. The number of likely N-dealkylation sites (tertiary alicyclic amines) is 1. The summed E-state index contributed by atoms with van der Waals surface area (Å²) in [6.45, 7) is 1.85. The van der Waals surface area contributed by atoms with Crippen molar-refractivity contribution in [3.05, 3.63) is 29.8 Å². The highest BCUT2D eigenvalue weighted by Gasteiger charge is 2.46. The van der Waals surface area contributed by atoms with Gasteiger partial charge in [0.25, 0.3) is 0 Å². The maximum absolute atomic E-state index is 12.1. The second-order valence-corrected chi connectivity index (χ2v) is 6.28. The summed E-state index contributed by atoms with van der Waals surface area (Å²) in [5.41, 5.74) is 6.12. The third-order valence-electron chi connectivity index (χ3n) is 4.62. The van der Waals surface area contributed by atoms with Gasteiger partial charge in [-0.05, 0) is 38.3 Å². The highest BCUT2D eigenvalue weighted by molar-refractivity contribution is 5.85. The second kappa shape index (κ2) is 6.26. The van der Waals surface area contributed by atoms with Crippen molar-refractivity contribution in [2.24, 2.45) is 5.73 Å². The van der Waals surface area contributed by atoms with Gasteiger partial charge in [0.2, 0.25) is 5.91 Å². The van der Waals surface area contributed by atoms with Crippen LogP contribution in [0, 0.1) is 0 Å². The normalized spacial score (nSPS) is 25.3. The number of hydrogen-bond donors (Lipinski definition) is 1. The number of rotatable bonds is 7. The smallest absolute Gasteiger partial charge is 0.240 e. The minimum absolute atomic E-state index is 0.299. The lowest BCUT2D eigenvalue weighted by molar-refractivity contribution is -0.132. The molecule has 1 unspecified atom stereocenters. The van der Waals surface area contributed by atoms with Crippen molar-refractivity contribution in [1.29, 1.82) is 0 Å². The predicted molar refractivity (Wildman–Crippen MR) is 83.5 cm³/mol. The van der Waals surface area contributed by atoms with Gasteiger partial charge in [-0.3, -0.25) is 9.69 Å². The van der Waals surface area contributed by atoms with E-state index in [2.05, 4.69) is 11.0 Å². The van der Waals surface area contributed by atoms with Crippen LogP contribution in [0.3, 0.4) is 0 Å². The lowest BCUT2D eigenvalue weighted by Gasteiger charge is -2.35. The molecule has 2 fully saturated rings. The summed E-state index contributed by atoms with van der Waals surface area (Å²) in [6.07, 6.45) is 4.33. The monoisotopic (exact) mass is 304 g/mol. The molecule has 1 aromatic rings. The molecule has 1 amide bonds. The first-order valence-electron chi connectivity index (χ1n) is 7.94. The Hall–Kier alpha value is -1.59. The molecule has 0 spiro atoms. The average molecular weight is 304 g/mol. The molecular weight excluding hydrogens is 280 g/mol. The first-order chi connectivity index (χ1) is 10.7. The van der Waals surface area contributed by atoms with Crippen LogP contribution in [0.5, 0.6) is 5.75 Å². The number of carbonyl (C=O) groups is 1. The Morgan fingerprint density at radius 1 is 1.41 bits per heavy atom. The van der Waals surface area contributed by atoms with Gasteiger partial charge in [0, 0.05) is 19.2 Å². The number of nitrogens with zero attached hydrogens (tertiary/aromatic N) is 1. The fourth-order valence-corrected chi connectivity index (χ4v) is 3.24. The molecule has 1 aliphatic heterocycles. The molecule has 1 aliphatic carbocycles. The summed E-state index contributed by atoms with van der Waals surface area (Å²) in [4.78, 5) is 14.2.